The third-order valence-corrected chi connectivity index (χ3v) is 5.24. The standard InChI is InChI=1S/C18H25NO3/c1-13(2)18(3)8-10-19(11-9-18)16(20)12-14-6-4-5-7-15(14)17(21)22/h4-7,13H,8-12H2,1-3H3,(H,21,22). The molecule has 4 nitrogen and oxygen atoms in total. The Bertz CT molecular complexity index is 557. The van der Waals surface area contributed by atoms with Crippen LogP contribution < -0.4 is 0 Å². The molecule has 0 aromatic heterocycles. The van der Waals surface area contributed by atoms with E-state index >= 15 is 0 Å². The number of hydrogen-bond donors (Lipinski definition) is 1. The summed E-state index contributed by atoms with van der Waals surface area (Å²) in [6.07, 6.45) is 2.19. The number of carboxylic acids is 1. The lowest BCUT2D eigenvalue weighted by Crippen LogP contribution is -2.44. The number of likely N-dealkylation sites (tertiary alicyclic amines) is 1. The van der Waals surface area contributed by atoms with Gasteiger partial charge >= 0.3 is 5.97 Å². The monoisotopic (exact) mass is 303 g/mol. The first-order valence-corrected chi connectivity index (χ1v) is 7.92. The molecule has 22 heavy (non-hydrogen) atoms. The van der Waals surface area contributed by atoms with Gasteiger partial charge in [-0.1, -0.05) is 39.0 Å². The summed E-state index contributed by atoms with van der Waals surface area (Å²) in [4.78, 5) is 25.5. The fourth-order valence-electron chi connectivity index (χ4n) is 3.00. The van der Waals surface area contributed by atoms with Crippen LogP contribution in [-0.2, 0) is 11.2 Å². The van der Waals surface area contributed by atoms with Crippen molar-refractivity contribution in [1.82, 2.24) is 4.90 Å². The second-order valence-corrected chi connectivity index (χ2v) is 6.83. The molecule has 120 valence electrons. The molecule has 1 fully saturated rings. The number of benzene rings is 1. The summed E-state index contributed by atoms with van der Waals surface area (Å²) < 4.78 is 0. The average Bonchev–Trinajstić information content (AvgIpc) is 2.48. The predicted octanol–water partition coefficient (Wildman–Crippen LogP) is 3.21. The van der Waals surface area contributed by atoms with Gasteiger partial charge in [0, 0.05) is 13.1 Å². The van der Waals surface area contributed by atoms with Crippen molar-refractivity contribution < 1.29 is 14.7 Å². The van der Waals surface area contributed by atoms with E-state index in [0.717, 1.165) is 25.9 Å². The van der Waals surface area contributed by atoms with Gasteiger partial charge in [0.15, 0.2) is 0 Å². The maximum atomic E-state index is 12.5. The number of carbonyl (C=O) groups excluding carboxylic acids is 1. The van der Waals surface area contributed by atoms with E-state index in [1.807, 2.05) is 4.90 Å². The summed E-state index contributed by atoms with van der Waals surface area (Å²) in [6, 6.07) is 6.74. The number of carbonyl (C=O) groups is 2. The Kier molecular flexibility index (Phi) is 4.89. The maximum Gasteiger partial charge on any atom is 0.335 e. The molecule has 1 aliphatic heterocycles. The van der Waals surface area contributed by atoms with Crippen molar-refractivity contribution in [2.45, 2.75) is 40.0 Å². The largest absolute Gasteiger partial charge is 0.478 e. The molecule has 0 radical (unpaired) electrons. The molecule has 1 aromatic rings. The molecule has 1 N–H and O–H groups in total. The van der Waals surface area contributed by atoms with Gasteiger partial charge in [0.2, 0.25) is 5.91 Å². The zero-order valence-corrected chi connectivity index (χ0v) is 13.6. The molecule has 1 aliphatic rings. The number of nitrogens with zero attached hydrogens (tertiary/aromatic N) is 1. The molecule has 2 rings (SSSR count). The molecule has 0 spiro atoms. The van der Waals surface area contributed by atoms with Crippen LogP contribution in [0, 0.1) is 11.3 Å². The van der Waals surface area contributed by atoms with E-state index in [1.54, 1.807) is 24.3 Å². The minimum Gasteiger partial charge on any atom is -0.478 e. The van der Waals surface area contributed by atoms with Crippen LogP contribution >= 0.6 is 0 Å². The number of rotatable bonds is 4. The minimum atomic E-state index is -0.977. The van der Waals surface area contributed by atoms with Crippen LogP contribution in [-0.4, -0.2) is 35.0 Å². The Morgan fingerprint density at radius 1 is 1.23 bits per heavy atom. The summed E-state index contributed by atoms with van der Waals surface area (Å²) in [7, 11) is 0. The van der Waals surface area contributed by atoms with E-state index in [1.165, 1.54) is 0 Å². The van der Waals surface area contributed by atoms with Crippen molar-refractivity contribution in [1.29, 1.82) is 0 Å². The van der Waals surface area contributed by atoms with Gasteiger partial charge in [-0.3, -0.25) is 4.79 Å². The van der Waals surface area contributed by atoms with Crippen molar-refractivity contribution in [2.24, 2.45) is 11.3 Å². The van der Waals surface area contributed by atoms with Crippen molar-refractivity contribution in [3.8, 4) is 0 Å². The van der Waals surface area contributed by atoms with Crippen LogP contribution in [0.1, 0.15) is 49.5 Å². The summed E-state index contributed by atoms with van der Waals surface area (Å²) in [6.45, 7) is 8.30. The average molecular weight is 303 g/mol. The zero-order chi connectivity index (χ0) is 16.3. The van der Waals surface area contributed by atoms with E-state index in [-0.39, 0.29) is 17.9 Å². The fourth-order valence-corrected chi connectivity index (χ4v) is 3.00. The third-order valence-electron chi connectivity index (χ3n) is 5.24. The highest BCUT2D eigenvalue weighted by Gasteiger charge is 2.34. The van der Waals surface area contributed by atoms with Gasteiger partial charge in [0.1, 0.15) is 0 Å². The molecule has 4 heteroatoms. The first kappa shape index (κ1) is 16.5. The summed E-state index contributed by atoms with van der Waals surface area (Å²) in [5.41, 5.74) is 1.12. The Balaban J connectivity index is 2.02. The quantitative estimate of drug-likeness (QED) is 0.929. The first-order chi connectivity index (χ1) is 10.3. The molecule has 0 saturated carbocycles. The SMILES string of the molecule is CC(C)C1(C)CCN(C(=O)Cc2ccccc2C(=O)O)CC1. The Morgan fingerprint density at radius 2 is 1.82 bits per heavy atom. The molecule has 1 aromatic carbocycles. The molecular formula is C18H25NO3. The number of hydrogen-bond acceptors (Lipinski definition) is 2. The van der Waals surface area contributed by atoms with Crippen molar-refractivity contribution in [2.75, 3.05) is 13.1 Å². The fraction of sp³-hybridized carbons (Fsp3) is 0.556. The van der Waals surface area contributed by atoms with E-state index in [2.05, 4.69) is 20.8 Å². The van der Waals surface area contributed by atoms with Gasteiger partial charge < -0.3 is 10.0 Å². The van der Waals surface area contributed by atoms with Crippen LogP contribution in [0.2, 0.25) is 0 Å². The lowest BCUT2D eigenvalue weighted by molar-refractivity contribution is -0.133. The molecule has 0 atom stereocenters. The molecular weight excluding hydrogens is 278 g/mol. The number of aromatic carboxylic acids is 1. The second-order valence-electron chi connectivity index (χ2n) is 6.83. The highest BCUT2D eigenvalue weighted by Crippen LogP contribution is 2.38. The molecule has 0 unspecified atom stereocenters. The Hall–Kier alpha value is -1.84. The van der Waals surface area contributed by atoms with Crippen molar-refractivity contribution in [3.05, 3.63) is 35.4 Å². The van der Waals surface area contributed by atoms with Gasteiger partial charge in [-0.15, -0.1) is 0 Å². The lowest BCUT2D eigenvalue weighted by Gasteiger charge is -2.42. The van der Waals surface area contributed by atoms with Crippen LogP contribution in [0.25, 0.3) is 0 Å². The van der Waals surface area contributed by atoms with E-state index in [4.69, 9.17) is 0 Å². The van der Waals surface area contributed by atoms with Gasteiger partial charge in [0.25, 0.3) is 0 Å². The van der Waals surface area contributed by atoms with Crippen molar-refractivity contribution in [3.63, 3.8) is 0 Å². The van der Waals surface area contributed by atoms with E-state index < -0.39 is 5.97 Å². The van der Waals surface area contributed by atoms with E-state index in [0.29, 0.717) is 16.9 Å². The minimum absolute atomic E-state index is 0.0273. The molecule has 0 aliphatic carbocycles. The molecule has 0 bridgehead atoms. The normalized spacial score (nSPS) is 17.5. The Morgan fingerprint density at radius 3 is 2.36 bits per heavy atom. The maximum absolute atomic E-state index is 12.5. The lowest BCUT2D eigenvalue weighted by atomic mass is 9.72. The van der Waals surface area contributed by atoms with Crippen LogP contribution in [0.5, 0.6) is 0 Å². The highest BCUT2D eigenvalue weighted by atomic mass is 16.4. The predicted molar refractivity (Wildman–Crippen MR) is 85.9 cm³/mol. The molecule has 1 amide bonds. The second kappa shape index (κ2) is 6.51. The third kappa shape index (κ3) is 3.49. The summed E-state index contributed by atoms with van der Waals surface area (Å²) >= 11 is 0. The number of carboxylic acid groups (broad SMARTS) is 1. The van der Waals surface area contributed by atoms with Crippen LogP contribution in [0.3, 0.4) is 0 Å². The molecule has 1 saturated heterocycles. The summed E-state index contributed by atoms with van der Waals surface area (Å²) in [5, 5.41) is 9.19. The van der Waals surface area contributed by atoms with Gasteiger partial charge in [-0.05, 0) is 35.8 Å². The highest BCUT2D eigenvalue weighted by molar-refractivity contribution is 5.91. The Labute approximate surface area is 132 Å². The van der Waals surface area contributed by atoms with Crippen molar-refractivity contribution >= 4 is 11.9 Å². The topological polar surface area (TPSA) is 57.6 Å². The van der Waals surface area contributed by atoms with Gasteiger partial charge in [0.05, 0.1) is 12.0 Å². The first-order valence-electron chi connectivity index (χ1n) is 7.92. The van der Waals surface area contributed by atoms with E-state index in [9.17, 15) is 14.7 Å². The summed E-state index contributed by atoms with van der Waals surface area (Å²) in [5.74, 6) is -0.341. The number of piperidine rings is 1. The zero-order valence-electron chi connectivity index (χ0n) is 13.6. The van der Waals surface area contributed by atoms with Gasteiger partial charge in [-0.25, -0.2) is 4.79 Å². The smallest absolute Gasteiger partial charge is 0.335 e. The van der Waals surface area contributed by atoms with Crippen LogP contribution in [0.4, 0.5) is 0 Å². The van der Waals surface area contributed by atoms with Crippen LogP contribution in [0.15, 0.2) is 24.3 Å². The molecule has 1 heterocycles. The van der Waals surface area contributed by atoms with Gasteiger partial charge in [-0.2, -0.15) is 0 Å². The number of amides is 1.